The van der Waals surface area contributed by atoms with Crippen LogP contribution in [-0.4, -0.2) is 28.2 Å². The standard InChI is InChI=1S/C17H12ClN5O2S/c18-13-8-4-5-11(9-13)10-19-21-15(25)14(24)20-17-23-22-16(26-17)12-6-2-1-3-7-12/h1-10H,(H,21,25)(H,20,23,24)/b19-10-. The van der Waals surface area contributed by atoms with Crippen molar-refractivity contribution in [3.05, 3.63) is 65.2 Å². The Hall–Kier alpha value is -3.10. The average Bonchev–Trinajstić information content (AvgIpc) is 3.11. The smallest absolute Gasteiger partial charge is 0.292 e. The van der Waals surface area contributed by atoms with E-state index in [4.69, 9.17) is 11.6 Å². The molecule has 0 fully saturated rings. The van der Waals surface area contributed by atoms with Gasteiger partial charge < -0.3 is 0 Å². The molecule has 2 aromatic carbocycles. The summed E-state index contributed by atoms with van der Waals surface area (Å²) in [6, 6.07) is 16.3. The maximum Gasteiger partial charge on any atom is 0.329 e. The summed E-state index contributed by atoms with van der Waals surface area (Å²) in [6.45, 7) is 0. The molecule has 0 radical (unpaired) electrons. The minimum atomic E-state index is -0.917. The fourth-order valence-electron chi connectivity index (χ4n) is 1.93. The Balaban J connectivity index is 1.56. The zero-order valence-electron chi connectivity index (χ0n) is 13.2. The molecular formula is C17H12ClN5O2S. The summed E-state index contributed by atoms with van der Waals surface area (Å²) < 4.78 is 0. The van der Waals surface area contributed by atoms with Crippen molar-refractivity contribution in [2.75, 3.05) is 5.32 Å². The number of carbonyl (C=O) groups excluding carboxylic acids is 2. The Morgan fingerprint density at radius 3 is 2.62 bits per heavy atom. The predicted molar refractivity (Wildman–Crippen MR) is 101 cm³/mol. The first kappa shape index (κ1) is 17.7. The number of hydrogen-bond donors (Lipinski definition) is 2. The van der Waals surface area contributed by atoms with E-state index < -0.39 is 11.8 Å². The molecule has 0 aliphatic rings. The molecular weight excluding hydrogens is 374 g/mol. The van der Waals surface area contributed by atoms with Crippen LogP contribution >= 0.6 is 22.9 Å². The molecule has 2 N–H and O–H groups in total. The second kappa shape index (κ2) is 8.32. The first-order valence-corrected chi connectivity index (χ1v) is 8.60. The van der Waals surface area contributed by atoms with E-state index in [1.807, 2.05) is 30.3 Å². The number of anilines is 1. The number of halogens is 1. The normalized spacial score (nSPS) is 10.7. The summed E-state index contributed by atoms with van der Waals surface area (Å²) in [7, 11) is 0. The highest BCUT2D eigenvalue weighted by molar-refractivity contribution is 7.18. The molecule has 0 saturated heterocycles. The van der Waals surface area contributed by atoms with E-state index in [0.717, 1.165) is 5.56 Å². The third-order valence-electron chi connectivity index (χ3n) is 3.10. The molecule has 3 rings (SSSR count). The molecule has 0 bridgehead atoms. The number of rotatable bonds is 4. The monoisotopic (exact) mass is 385 g/mol. The number of nitrogens with one attached hydrogen (secondary N) is 2. The van der Waals surface area contributed by atoms with Gasteiger partial charge in [-0.1, -0.05) is 65.4 Å². The number of aromatic nitrogens is 2. The Kier molecular flexibility index (Phi) is 5.67. The second-order valence-electron chi connectivity index (χ2n) is 4.99. The largest absolute Gasteiger partial charge is 0.329 e. The molecule has 1 aromatic heterocycles. The zero-order valence-corrected chi connectivity index (χ0v) is 14.8. The van der Waals surface area contributed by atoms with Gasteiger partial charge in [-0.25, -0.2) is 5.43 Å². The fourth-order valence-corrected chi connectivity index (χ4v) is 2.87. The van der Waals surface area contributed by atoms with Gasteiger partial charge in [-0.2, -0.15) is 5.10 Å². The van der Waals surface area contributed by atoms with Crippen LogP contribution in [0, 0.1) is 0 Å². The number of carbonyl (C=O) groups is 2. The van der Waals surface area contributed by atoms with Gasteiger partial charge in [0, 0.05) is 10.6 Å². The zero-order chi connectivity index (χ0) is 18.4. The Labute approximate surface area is 157 Å². The lowest BCUT2D eigenvalue weighted by Gasteiger charge is -1.99. The lowest BCUT2D eigenvalue weighted by atomic mass is 10.2. The number of nitrogens with zero attached hydrogens (tertiary/aromatic N) is 3. The molecule has 7 nitrogen and oxygen atoms in total. The van der Waals surface area contributed by atoms with Crippen molar-refractivity contribution in [3.63, 3.8) is 0 Å². The van der Waals surface area contributed by atoms with Gasteiger partial charge in [0.25, 0.3) is 0 Å². The molecule has 0 aliphatic heterocycles. The van der Waals surface area contributed by atoms with Gasteiger partial charge in [0.05, 0.1) is 6.21 Å². The Morgan fingerprint density at radius 2 is 1.85 bits per heavy atom. The van der Waals surface area contributed by atoms with Crippen molar-refractivity contribution in [1.82, 2.24) is 15.6 Å². The molecule has 0 atom stereocenters. The van der Waals surface area contributed by atoms with E-state index >= 15 is 0 Å². The van der Waals surface area contributed by atoms with E-state index in [1.54, 1.807) is 24.3 Å². The van der Waals surface area contributed by atoms with Gasteiger partial charge in [0.1, 0.15) is 5.01 Å². The van der Waals surface area contributed by atoms with Crippen molar-refractivity contribution in [2.45, 2.75) is 0 Å². The van der Waals surface area contributed by atoms with Gasteiger partial charge in [0.15, 0.2) is 0 Å². The third kappa shape index (κ3) is 4.71. The van der Waals surface area contributed by atoms with E-state index in [0.29, 0.717) is 15.6 Å². The highest BCUT2D eigenvalue weighted by Crippen LogP contribution is 2.25. The Bertz CT molecular complexity index is 959. The van der Waals surface area contributed by atoms with Crippen LogP contribution in [0.25, 0.3) is 10.6 Å². The van der Waals surface area contributed by atoms with Gasteiger partial charge in [-0.3, -0.25) is 14.9 Å². The highest BCUT2D eigenvalue weighted by Gasteiger charge is 2.16. The van der Waals surface area contributed by atoms with Crippen LogP contribution in [0.2, 0.25) is 5.02 Å². The van der Waals surface area contributed by atoms with Crippen molar-refractivity contribution in [3.8, 4) is 10.6 Å². The SMILES string of the molecule is O=C(N/N=C\c1cccc(Cl)c1)C(=O)Nc1nnc(-c2ccccc2)s1. The van der Waals surface area contributed by atoms with Crippen LogP contribution < -0.4 is 10.7 Å². The summed E-state index contributed by atoms with van der Waals surface area (Å²) in [4.78, 5) is 23.7. The van der Waals surface area contributed by atoms with Crippen molar-refractivity contribution >= 4 is 46.1 Å². The molecule has 130 valence electrons. The van der Waals surface area contributed by atoms with Crippen LogP contribution in [0.15, 0.2) is 59.7 Å². The number of benzene rings is 2. The van der Waals surface area contributed by atoms with Crippen LogP contribution in [0.3, 0.4) is 0 Å². The molecule has 0 unspecified atom stereocenters. The minimum absolute atomic E-state index is 0.225. The molecule has 26 heavy (non-hydrogen) atoms. The molecule has 0 aliphatic carbocycles. The van der Waals surface area contributed by atoms with E-state index in [1.165, 1.54) is 17.6 Å². The number of hydrogen-bond acceptors (Lipinski definition) is 6. The van der Waals surface area contributed by atoms with Crippen LogP contribution in [0.5, 0.6) is 0 Å². The minimum Gasteiger partial charge on any atom is -0.292 e. The summed E-state index contributed by atoms with van der Waals surface area (Å²) in [5.74, 6) is -1.80. The quantitative estimate of drug-likeness (QED) is 0.410. The summed E-state index contributed by atoms with van der Waals surface area (Å²) in [6.07, 6.45) is 1.38. The molecule has 0 spiro atoms. The maximum atomic E-state index is 11.9. The highest BCUT2D eigenvalue weighted by atomic mass is 35.5. The third-order valence-corrected chi connectivity index (χ3v) is 4.22. The topological polar surface area (TPSA) is 96.3 Å². The summed E-state index contributed by atoms with van der Waals surface area (Å²) in [5.41, 5.74) is 3.71. The fraction of sp³-hybridized carbons (Fsp3) is 0. The predicted octanol–water partition coefficient (Wildman–Crippen LogP) is 2.95. The molecule has 3 aromatic rings. The van der Waals surface area contributed by atoms with E-state index in [2.05, 4.69) is 26.0 Å². The second-order valence-corrected chi connectivity index (χ2v) is 6.40. The summed E-state index contributed by atoms with van der Waals surface area (Å²) in [5, 5.41) is 15.4. The number of hydrazone groups is 1. The van der Waals surface area contributed by atoms with Crippen LogP contribution in [0.1, 0.15) is 5.56 Å². The van der Waals surface area contributed by atoms with Crippen LogP contribution in [-0.2, 0) is 9.59 Å². The molecule has 0 saturated carbocycles. The first-order chi connectivity index (χ1) is 12.6. The average molecular weight is 386 g/mol. The molecule has 9 heteroatoms. The van der Waals surface area contributed by atoms with Gasteiger partial charge in [-0.15, -0.1) is 10.2 Å². The first-order valence-electron chi connectivity index (χ1n) is 7.41. The van der Waals surface area contributed by atoms with Gasteiger partial charge in [0.2, 0.25) is 5.13 Å². The van der Waals surface area contributed by atoms with Crippen LogP contribution in [0.4, 0.5) is 5.13 Å². The molecule has 1 heterocycles. The van der Waals surface area contributed by atoms with Gasteiger partial charge in [-0.05, 0) is 17.7 Å². The Morgan fingerprint density at radius 1 is 1.04 bits per heavy atom. The molecule has 2 amide bonds. The van der Waals surface area contributed by atoms with Crippen molar-refractivity contribution in [2.24, 2.45) is 5.10 Å². The lowest BCUT2D eigenvalue weighted by Crippen LogP contribution is -2.32. The van der Waals surface area contributed by atoms with Gasteiger partial charge >= 0.3 is 11.8 Å². The maximum absolute atomic E-state index is 11.9. The van der Waals surface area contributed by atoms with E-state index in [9.17, 15) is 9.59 Å². The van der Waals surface area contributed by atoms with E-state index in [-0.39, 0.29) is 5.13 Å². The lowest BCUT2D eigenvalue weighted by molar-refractivity contribution is -0.136. The summed E-state index contributed by atoms with van der Waals surface area (Å²) >= 11 is 7.02. The number of amides is 2. The van der Waals surface area contributed by atoms with Crippen molar-refractivity contribution < 1.29 is 9.59 Å². The van der Waals surface area contributed by atoms with Crippen molar-refractivity contribution in [1.29, 1.82) is 0 Å².